The number of quaternary nitrogens is 1. The van der Waals surface area contributed by atoms with Crippen molar-refractivity contribution in [3.05, 3.63) is 85.1 Å². The van der Waals surface area contributed by atoms with E-state index in [0.29, 0.717) is 17.4 Å². The predicted molar refractivity (Wildman–Crippen MR) is 360 cm³/mol. The molecule has 0 aromatic rings. The molecule has 0 saturated carbocycles. The molecule has 0 aliphatic rings. The Morgan fingerprint density at radius 1 is 0.381 bits per heavy atom. The monoisotopic (exact) mass is 1200 g/mol. The average molecular weight is 1200 g/mol. The smallest absolute Gasteiger partial charge is 0.306 e. The summed E-state index contributed by atoms with van der Waals surface area (Å²) in [6.45, 7) is 4.14. The van der Waals surface area contributed by atoms with Crippen LogP contribution in [0.1, 0.15) is 322 Å². The number of likely N-dealkylation sites (N-methyl/N-ethyl adjacent to an activating group) is 1. The number of esters is 2. The molecule has 0 aliphatic carbocycles. The van der Waals surface area contributed by atoms with Gasteiger partial charge in [-0.1, -0.05) is 304 Å². The molecule has 0 radical (unpaired) electrons. The molecule has 9 nitrogen and oxygen atoms in total. The van der Waals surface area contributed by atoms with Crippen molar-refractivity contribution in [3.8, 4) is 0 Å². The summed E-state index contributed by atoms with van der Waals surface area (Å²) < 4.78 is 34.3. The largest absolute Gasteiger partial charge is 0.756 e. The zero-order valence-electron chi connectivity index (χ0n) is 55.6. The molecule has 84 heavy (non-hydrogen) atoms. The van der Waals surface area contributed by atoms with Crippen molar-refractivity contribution in [2.45, 2.75) is 328 Å². The Kier molecular flexibility index (Phi) is 62.5. The Labute approximate surface area is 520 Å². The molecule has 2 atom stereocenters. The van der Waals surface area contributed by atoms with E-state index in [2.05, 4.69) is 98.9 Å². The normalized spacial score (nSPS) is 13.6. The van der Waals surface area contributed by atoms with E-state index in [4.69, 9.17) is 18.5 Å². The predicted octanol–water partition coefficient (Wildman–Crippen LogP) is 22.3. The van der Waals surface area contributed by atoms with Gasteiger partial charge in [-0.3, -0.25) is 14.2 Å². The van der Waals surface area contributed by atoms with Crippen molar-refractivity contribution >= 4 is 19.8 Å². The summed E-state index contributed by atoms with van der Waals surface area (Å²) in [6.07, 6.45) is 88.2. The number of carbonyl (C=O) groups excluding carboxylic acids is 2. The number of ether oxygens (including phenoxy) is 2. The number of phosphoric acid groups is 1. The highest BCUT2D eigenvalue weighted by atomic mass is 31.2. The molecule has 0 aromatic heterocycles. The van der Waals surface area contributed by atoms with Gasteiger partial charge in [0, 0.05) is 12.8 Å². The zero-order chi connectivity index (χ0) is 61.2. The molecule has 0 fully saturated rings. The number of carbonyl (C=O) groups is 2. The van der Waals surface area contributed by atoms with Crippen LogP contribution in [0.3, 0.4) is 0 Å². The Bertz CT molecular complexity index is 1690. The van der Waals surface area contributed by atoms with Crippen molar-refractivity contribution in [1.29, 1.82) is 0 Å². The SMILES string of the molecule is CC/C=C\C/C=C\C/C=C\C/C=C\CCCCCCCCCCC(=O)OC(COC(=O)CCCCCCCCCCCCCCCCCCCCCCCCCC/C=C\C/C=C\C/C=C\CCCCCCC)COP(=O)([O-])OCC[N+](C)(C)C. The van der Waals surface area contributed by atoms with Gasteiger partial charge in [-0.15, -0.1) is 0 Å². The van der Waals surface area contributed by atoms with Gasteiger partial charge in [0.05, 0.1) is 27.7 Å². The molecule has 0 amide bonds. The first-order valence-electron chi connectivity index (χ1n) is 35.3. The van der Waals surface area contributed by atoms with Crippen molar-refractivity contribution in [2.24, 2.45) is 0 Å². The van der Waals surface area contributed by atoms with Crippen LogP contribution in [0.15, 0.2) is 85.1 Å². The van der Waals surface area contributed by atoms with Gasteiger partial charge in [0.15, 0.2) is 6.10 Å². The Balaban J connectivity index is 3.94. The minimum absolute atomic E-state index is 0.0341. The average Bonchev–Trinajstić information content (AvgIpc) is 3.61. The van der Waals surface area contributed by atoms with Gasteiger partial charge in [-0.05, 0) is 89.9 Å². The second-order valence-electron chi connectivity index (χ2n) is 24.9. The first-order chi connectivity index (χ1) is 41.0. The third kappa shape index (κ3) is 68.3. The molecular weight excluding hydrogens is 1060 g/mol. The molecule has 0 aromatic carbocycles. The fraction of sp³-hybridized carbons (Fsp3) is 0.784. The molecule has 0 N–H and O–H groups in total. The Morgan fingerprint density at radius 3 is 1.01 bits per heavy atom. The van der Waals surface area contributed by atoms with E-state index < -0.39 is 26.5 Å². The highest BCUT2D eigenvalue weighted by Crippen LogP contribution is 2.38. The van der Waals surface area contributed by atoms with Gasteiger partial charge in [-0.2, -0.15) is 0 Å². The number of hydrogen-bond acceptors (Lipinski definition) is 8. The number of nitrogens with zero attached hydrogens (tertiary/aromatic N) is 1. The van der Waals surface area contributed by atoms with Crippen LogP contribution in [0.5, 0.6) is 0 Å². The first kappa shape index (κ1) is 81.2. The molecule has 0 heterocycles. The fourth-order valence-electron chi connectivity index (χ4n) is 10.0. The van der Waals surface area contributed by atoms with Crippen LogP contribution in [0, 0.1) is 0 Å². The molecular formula is C74H134NO8P. The topological polar surface area (TPSA) is 111 Å². The molecule has 0 bridgehead atoms. The Morgan fingerprint density at radius 2 is 0.679 bits per heavy atom. The molecule has 488 valence electrons. The Hall–Kier alpha value is -2.81. The van der Waals surface area contributed by atoms with Gasteiger partial charge in [0.2, 0.25) is 0 Å². The third-order valence-corrected chi connectivity index (χ3v) is 16.4. The van der Waals surface area contributed by atoms with E-state index in [-0.39, 0.29) is 32.0 Å². The van der Waals surface area contributed by atoms with E-state index in [1.807, 2.05) is 21.1 Å². The van der Waals surface area contributed by atoms with E-state index >= 15 is 0 Å². The van der Waals surface area contributed by atoms with Crippen LogP contribution < -0.4 is 4.89 Å². The third-order valence-electron chi connectivity index (χ3n) is 15.4. The lowest BCUT2D eigenvalue weighted by atomic mass is 10.0. The second-order valence-corrected chi connectivity index (χ2v) is 26.3. The zero-order valence-corrected chi connectivity index (χ0v) is 56.5. The van der Waals surface area contributed by atoms with Crippen LogP contribution in [0.25, 0.3) is 0 Å². The second kappa shape index (κ2) is 64.7. The van der Waals surface area contributed by atoms with E-state index in [1.54, 1.807) is 0 Å². The van der Waals surface area contributed by atoms with E-state index in [1.165, 1.54) is 205 Å². The maximum absolute atomic E-state index is 12.8. The minimum Gasteiger partial charge on any atom is -0.756 e. The number of unbranched alkanes of at least 4 members (excludes halogenated alkanes) is 37. The minimum atomic E-state index is -4.65. The summed E-state index contributed by atoms with van der Waals surface area (Å²) in [5, 5.41) is 0. The maximum atomic E-state index is 12.8. The number of allylic oxidation sites excluding steroid dienone is 14. The molecule has 10 heteroatoms. The van der Waals surface area contributed by atoms with Gasteiger partial charge in [0.25, 0.3) is 7.82 Å². The molecule has 0 spiro atoms. The summed E-state index contributed by atoms with van der Waals surface area (Å²) in [5.74, 6) is -0.833. The van der Waals surface area contributed by atoms with Crippen molar-refractivity contribution in [1.82, 2.24) is 0 Å². The lowest BCUT2D eigenvalue weighted by molar-refractivity contribution is -0.870. The standard InChI is InChI=1S/C74H134NO8P/c1-6-8-10-12-14-16-18-20-22-24-26-28-29-30-31-32-33-34-35-36-37-38-39-40-41-42-43-44-45-47-48-50-52-54-56-58-60-62-64-66-73(76)80-70-72(71-82-84(78,79)81-69-68-75(3,4)5)83-74(77)67-65-63-61-59-57-55-53-51-49-46-27-25-23-21-19-17-15-13-11-9-7-2/h9,11,15,17-18,20-21,23-24,26-27,29-30,46,72H,6-8,10,12-14,16,19,22,25,28,31-45,47-71H2,1-5H3/b11-9-,17-15-,20-18-,23-21-,26-24-,30-29-,46-27-. The molecule has 2 unspecified atom stereocenters. The van der Waals surface area contributed by atoms with Crippen molar-refractivity contribution in [3.63, 3.8) is 0 Å². The van der Waals surface area contributed by atoms with Gasteiger partial charge in [-0.25, -0.2) is 0 Å². The lowest BCUT2D eigenvalue weighted by Crippen LogP contribution is -2.37. The maximum Gasteiger partial charge on any atom is 0.306 e. The van der Waals surface area contributed by atoms with Crippen LogP contribution in [0.4, 0.5) is 0 Å². The van der Waals surface area contributed by atoms with Crippen LogP contribution in [-0.4, -0.2) is 70.0 Å². The number of rotatable bonds is 65. The van der Waals surface area contributed by atoms with E-state index in [9.17, 15) is 19.0 Å². The van der Waals surface area contributed by atoms with Crippen LogP contribution in [-0.2, 0) is 32.7 Å². The van der Waals surface area contributed by atoms with Crippen molar-refractivity contribution < 1.29 is 42.1 Å². The lowest BCUT2D eigenvalue weighted by Gasteiger charge is -2.28. The highest BCUT2D eigenvalue weighted by Gasteiger charge is 2.22. The molecule has 0 rings (SSSR count). The van der Waals surface area contributed by atoms with Gasteiger partial charge >= 0.3 is 11.9 Å². The summed E-state index contributed by atoms with van der Waals surface area (Å²) in [7, 11) is 1.16. The summed E-state index contributed by atoms with van der Waals surface area (Å²) in [5.41, 5.74) is 0. The first-order valence-corrected chi connectivity index (χ1v) is 36.8. The summed E-state index contributed by atoms with van der Waals surface area (Å²) in [6, 6.07) is 0. The van der Waals surface area contributed by atoms with Crippen LogP contribution >= 0.6 is 7.82 Å². The highest BCUT2D eigenvalue weighted by molar-refractivity contribution is 7.45. The summed E-state index contributed by atoms with van der Waals surface area (Å²) >= 11 is 0. The van der Waals surface area contributed by atoms with Crippen molar-refractivity contribution in [2.75, 3.05) is 47.5 Å². The number of phosphoric ester groups is 1. The molecule has 0 aliphatic heterocycles. The molecule has 0 saturated heterocycles. The summed E-state index contributed by atoms with van der Waals surface area (Å²) in [4.78, 5) is 38.0. The quantitative estimate of drug-likeness (QED) is 0.0195. The van der Waals surface area contributed by atoms with Crippen LogP contribution in [0.2, 0.25) is 0 Å². The van der Waals surface area contributed by atoms with E-state index in [0.717, 1.165) is 83.5 Å². The number of hydrogen-bond donors (Lipinski definition) is 0. The van der Waals surface area contributed by atoms with Gasteiger partial charge < -0.3 is 27.9 Å². The van der Waals surface area contributed by atoms with Gasteiger partial charge in [0.1, 0.15) is 19.8 Å². The fourth-order valence-corrected chi connectivity index (χ4v) is 10.7.